The van der Waals surface area contributed by atoms with Crippen LogP contribution in [0.2, 0.25) is 0 Å². The zero-order chi connectivity index (χ0) is 25.5. The highest BCUT2D eigenvalue weighted by molar-refractivity contribution is 5.84. The van der Waals surface area contributed by atoms with Crippen molar-refractivity contribution in [1.82, 2.24) is 10.6 Å². The van der Waals surface area contributed by atoms with Gasteiger partial charge in [-0.3, -0.25) is 4.79 Å². The van der Waals surface area contributed by atoms with Gasteiger partial charge in [0.05, 0.1) is 0 Å². The van der Waals surface area contributed by atoms with E-state index in [0.29, 0.717) is 18.8 Å². The van der Waals surface area contributed by atoms with E-state index in [9.17, 15) is 19.5 Å². The molecule has 1 aliphatic rings. The molecule has 1 aliphatic carbocycles. The van der Waals surface area contributed by atoms with Crippen molar-refractivity contribution in [2.75, 3.05) is 6.61 Å². The fourth-order valence-corrected chi connectivity index (χ4v) is 4.46. The molecular formula is C28H36N2O5. The first kappa shape index (κ1) is 26.3. The first-order valence-electron chi connectivity index (χ1n) is 12.3. The van der Waals surface area contributed by atoms with Crippen LogP contribution in [-0.2, 0) is 14.3 Å². The lowest BCUT2D eigenvalue weighted by atomic mass is 9.98. The molecule has 7 heteroatoms. The SMILES string of the molecule is CC(C)CCC(NC(=O)C[C@@H](NC(=O)OCC1c2ccccc2-c2ccccc21)C(C)C)C(=O)O. The normalized spacial score (nSPS) is 14.2. The summed E-state index contributed by atoms with van der Waals surface area (Å²) in [6.45, 7) is 8.00. The Hall–Kier alpha value is -3.35. The van der Waals surface area contributed by atoms with Crippen molar-refractivity contribution >= 4 is 18.0 Å². The summed E-state index contributed by atoms with van der Waals surface area (Å²) in [5.74, 6) is -1.21. The second kappa shape index (κ2) is 11.9. The van der Waals surface area contributed by atoms with Crippen LogP contribution in [-0.4, -0.2) is 41.8 Å². The minimum absolute atomic E-state index is 0.0205. The number of alkyl carbamates (subject to hydrolysis) is 1. The zero-order valence-corrected chi connectivity index (χ0v) is 20.9. The highest BCUT2D eigenvalue weighted by atomic mass is 16.5. The second-order valence-corrected chi connectivity index (χ2v) is 9.95. The zero-order valence-electron chi connectivity index (χ0n) is 20.9. The molecule has 0 aromatic heterocycles. The molecular weight excluding hydrogens is 444 g/mol. The molecule has 0 bridgehead atoms. The average Bonchev–Trinajstić information content (AvgIpc) is 3.13. The fourth-order valence-electron chi connectivity index (χ4n) is 4.46. The van der Waals surface area contributed by atoms with Gasteiger partial charge in [0.15, 0.2) is 0 Å². The molecule has 2 aromatic rings. The van der Waals surface area contributed by atoms with E-state index in [1.165, 1.54) is 0 Å². The molecule has 2 atom stereocenters. The lowest BCUT2D eigenvalue weighted by Crippen LogP contribution is -2.46. The summed E-state index contributed by atoms with van der Waals surface area (Å²) in [6, 6.07) is 14.8. The van der Waals surface area contributed by atoms with Crippen molar-refractivity contribution in [2.24, 2.45) is 11.8 Å². The van der Waals surface area contributed by atoms with Gasteiger partial charge < -0.3 is 20.5 Å². The number of carboxylic acid groups (broad SMARTS) is 1. The van der Waals surface area contributed by atoms with Crippen LogP contribution in [0.15, 0.2) is 48.5 Å². The van der Waals surface area contributed by atoms with Gasteiger partial charge >= 0.3 is 12.1 Å². The Balaban J connectivity index is 1.58. The highest BCUT2D eigenvalue weighted by Crippen LogP contribution is 2.44. The van der Waals surface area contributed by atoms with Gasteiger partial charge in [0.25, 0.3) is 0 Å². The van der Waals surface area contributed by atoms with Gasteiger partial charge in [-0.1, -0.05) is 76.2 Å². The minimum atomic E-state index is -1.05. The Bertz CT molecular complexity index is 1000. The van der Waals surface area contributed by atoms with E-state index in [4.69, 9.17) is 4.74 Å². The van der Waals surface area contributed by atoms with Crippen molar-refractivity contribution in [2.45, 2.75) is 65.0 Å². The van der Waals surface area contributed by atoms with E-state index >= 15 is 0 Å². The summed E-state index contributed by atoms with van der Waals surface area (Å²) < 4.78 is 5.61. The molecule has 2 aromatic carbocycles. The maximum Gasteiger partial charge on any atom is 0.407 e. The third kappa shape index (κ3) is 6.84. The number of hydrogen-bond acceptors (Lipinski definition) is 4. The van der Waals surface area contributed by atoms with Gasteiger partial charge in [0.2, 0.25) is 5.91 Å². The van der Waals surface area contributed by atoms with Crippen LogP contribution in [0.3, 0.4) is 0 Å². The summed E-state index contributed by atoms with van der Waals surface area (Å²) in [4.78, 5) is 36.8. The molecule has 0 heterocycles. The number of rotatable bonds is 11. The van der Waals surface area contributed by atoms with Gasteiger partial charge in [-0.05, 0) is 46.9 Å². The smallest absolute Gasteiger partial charge is 0.407 e. The Morgan fingerprint density at radius 1 is 0.886 bits per heavy atom. The molecule has 0 saturated heterocycles. The number of ether oxygens (including phenoxy) is 1. The lowest BCUT2D eigenvalue weighted by molar-refractivity contribution is -0.142. The quantitative estimate of drug-likeness (QED) is 0.422. The summed E-state index contributed by atoms with van der Waals surface area (Å²) in [7, 11) is 0. The summed E-state index contributed by atoms with van der Waals surface area (Å²) in [6.07, 6.45) is 0.453. The van der Waals surface area contributed by atoms with Gasteiger partial charge in [0.1, 0.15) is 12.6 Å². The molecule has 35 heavy (non-hydrogen) atoms. The van der Waals surface area contributed by atoms with Crippen LogP contribution in [0.5, 0.6) is 0 Å². The number of fused-ring (bicyclic) bond motifs is 3. The van der Waals surface area contributed by atoms with E-state index in [1.807, 2.05) is 52.0 Å². The molecule has 3 N–H and O–H groups in total. The standard InChI is InChI=1S/C28H36N2O5/c1-17(2)13-14-24(27(32)33)29-26(31)15-25(18(3)4)30-28(34)35-16-23-21-11-7-5-9-19(21)20-10-6-8-12-22(20)23/h5-12,17-18,23-25H,13-16H2,1-4H3,(H,29,31)(H,30,34)(H,32,33)/t24?,25-/m1/s1. The Morgan fingerprint density at radius 3 is 1.97 bits per heavy atom. The van der Waals surface area contributed by atoms with E-state index in [-0.39, 0.29) is 24.9 Å². The van der Waals surface area contributed by atoms with Crippen LogP contribution in [0.25, 0.3) is 11.1 Å². The lowest BCUT2D eigenvalue weighted by Gasteiger charge is -2.23. The van der Waals surface area contributed by atoms with Crippen LogP contribution in [0, 0.1) is 11.8 Å². The number of carbonyl (C=O) groups is 3. The van der Waals surface area contributed by atoms with Crippen LogP contribution in [0.1, 0.15) is 64.0 Å². The molecule has 188 valence electrons. The fraction of sp³-hybridized carbons (Fsp3) is 0.464. The topological polar surface area (TPSA) is 105 Å². The first-order chi connectivity index (χ1) is 16.7. The van der Waals surface area contributed by atoms with E-state index in [2.05, 4.69) is 34.9 Å². The van der Waals surface area contributed by atoms with Crippen LogP contribution >= 0.6 is 0 Å². The van der Waals surface area contributed by atoms with Crippen molar-refractivity contribution in [1.29, 1.82) is 0 Å². The Labute approximate surface area is 207 Å². The summed E-state index contributed by atoms with van der Waals surface area (Å²) in [5, 5.41) is 14.8. The molecule has 0 saturated carbocycles. The number of aliphatic carboxylic acids is 1. The number of benzene rings is 2. The predicted molar refractivity (Wildman–Crippen MR) is 135 cm³/mol. The molecule has 0 radical (unpaired) electrons. The van der Waals surface area contributed by atoms with Crippen molar-refractivity contribution in [3.05, 3.63) is 59.7 Å². The number of carboxylic acids is 1. The van der Waals surface area contributed by atoms with Crippen molar-refractivity contribution < 1.29 is 24.2 Å². The monoisotopic (exact) mass is 480 g/mol. The maximum atomic E-state index is 12.7. The molecule has 0 fully saturated rings. The number of carbonyl (C=O) groups excluding carboxylic acids is 2. The average molecular weight is 481 g/mol. The number of nitrogens with one attached hydrogen (secondary N) is 2. The molecule has 0 spiro atoms. The van der Waals surface area contributed by atoms with E-state index in [0.717, 1.165) is 22.3 Å². The second-order valence-electron chi connectivity index (χ2n) is 9.95. The van der Waals surface area contributed by atoms with Crippen molar-refractivity contribution in [3.8, 4) is 11.1 Å². The highest BCUT2D eigenvalue weighted by Gasteiger charge is 2.30. The van der Waals surface area contributed by atoms with Gasteiger partial charge in [-0.2, -0.15) is 0 Å². The van der Waals surface area contributed by atoms with Gasteiger partial charge in [0, 0.05) is 18.4 Å². The Morgan fingerprint density at radius 2 is 1.46 bits per heavy atom. The molecule has 0 aliphatic heterocycles. The maximum absolute atomic E-state index is 12.7. The van der Waals surface area contributed by atoms with E-state index < -0.39 is 30.1 Å². The predicted octanol–water partition coefficient (Wildman–Crippen LogP) is 4.95. The van der Waals surface area contributed by atoms with Crippen LogP contribution in [0.4, 0.5) is 4.79 Å². The molecule has 2 amide bonds. The van der Waals surface area contributed by atoms with Crippen LogP contribution < -0.4 is 10.6 Å². The number of hydrogen-bond donors (Lipinski definition) is 3. The third-order valence-corrected chi connectivity index (χ3v) is 6.52. The summed E-state index contributed by atoms with van der Waals surface area (Å²) in [5.41, 5.74) is 4.56. The molecule has 7 nitrogen and oxygen atoms in total. The Kier molecular flexibility index (Phi) is 8.90. The van der Waals surface area contributed by atoms with Gasteiger partial charge in [-0.15, -0.1) is 0 Å². The minimum Gasteiger partial charge on any atom is -0.480 e. The molecule has 3 rings (SSSR count). The number of amides is 2. The van der Waals surface area contributed by atoms with Crippen molar-refractivity contribution in [3.63, 3.8) is 0 Å². The first-order valence-corrected chi connectivity index (χ1v) is 12.3. The summed E-state index contributed by atoms with van der Waals surface area (Å²) >= 11 is 0. The molecule has 1 unspecified atom stereocenters. The van der Waals surface area contributed by atoms with E-state index in [1.54, 1.807) is 0 Å². The third-order valence-electron chi connectivity index (χ3n) is 6.52. The van der Waals surface area contributed by atoms with Gasteiger partial charge in [-0.25, -0.2) is 9.59 Å². The largest absolute Gasteiger partial charge is 0.480 e.